The van der Waals surface area contributed by atoms with Crippen LogP contribution in [-0.4, -0.2) is 15.8 Å². The lowest BCUT2D eigenvalue weighted by molar-refractivity contribution is -0.394. The van der Waals surface area contributed by atoms with Crippen LogP contribution < -0.4 is 4.74 Å². The fourth-order valence-corrected chi connectivity index (χ4v) is 2.40. The fraction of sp³-hybridized carbons (Fsp3) is 0.278. The minimum atomic E-state index is -0.897. The maximum atomic E-state index is 12.5. The quantitative estimate of drug-likeness (QED) is 0.348. The van der Waals surface area contributed by atoms with E-state index in [9.17, 15) is 25.0 Å². The lowest BCUT2D eigenvalue weighted by Crippen LogP contribution is -2.17. The van der Waals surface area contributed by atoms with Crippen LogP contribution in [0.25, 0.3) is 0 Å². The van der Waals surface area contributed by atoms with E-state index < -0.39 is 27.2 Å². The van der Waals surface area contributed by atoms with Gasteiger partial charge in [-0.1, -0.05) is 38.5 Å². The van der Waals surface area contributed by atoms with Gasteiger partial charge < -0.3 is 4.74 Å². The Morgan fingerprint density at radius 3 is 1.96 bits per heavy atom. The molecule has 0 aliphatic rings. The molecule has 0 aliphatic heterocycles. The van der Waals surface area contributed by atoms with E-state index in [0.29, 0.717) is 5.75 Å². The molecule has 0 aliphatic carbocycles. The van der Waals surface area contributed by atoms with E-state index in [1.165, 1.54) is 0 Å². The van der Waals surface area contributed by atoms with E-state index in [4.69, 9.17) is 4.74 Å². The number of non-ortho nitro benzene ring substituents is 2. The molecule has 0 aromatic heterocycles. The zero-order chi connectivity index (χ0) is 19.6. The van der Waals surface area contributed by atoms with Gasteiger partial charge in [0.25, 0.3) is 11.4 Å². The molecule has 8 nitrogen and oxygen atoms in total. The second-order valence-corrected chi connectivity index (χ2v) is 6.89. The Kier molecular flexibility index (Phi) is 5.06. The van der Waals surface area contributed by atoms with Crippen LogP contribution >= 0.6 is 0 Å². The molecule has 0 amide bonds. The first-order chi connectivity index (χ1) is 12.0. The van der Waals surface area contributed by atoms with Gasteiger partial charge in [0.1, 0.15) is 5.75 Å². The molecular formula is C18H18N2O6. The van der Waals surface area contributed by atoms with Gasteiger partial charge in [0.15, 0.2) is 0 Å². The normalized spacial score (nSPS) is 11.1. The fourth-order valence-electron chi connectivity index (χ4n) is 2.40. The number of carbonyl (C=O) groups is 1. The predicted octanol–water partition coefficient (Wildman–Crippen LogP) is 4.33. The van der Waals surface area contributed by atoms with Crippen LogP contribution in [0.2, 0.25) is 0 Å². The van der Waals surface area contributed by atoms with Crippen molar-refractivity contribution in [3.05, 3.63) is 73.3 Å². The van der Waals surface area contributed by atoms with E-state index in [-0.39, 0.29) is 11.0 Å². The first-order valence-corrected chi connectivity index (χ1v) is 7.76. The topological polar surface area (TPSA) is 113 Å². The van der Waals surface area contributed by atoms with Gasteiger partial charge in [0.05, 0.1) is 21.5 Å². The Morgan fingerprint density at radius 2 is 1.50 bits per heavy atom. The second-order valence-electron chi connectivity index (χ2n) is 6.89. The molecule has 136 valence electrons. The standard InChI is InChI=1S/C18H18N2O6/c1-11-5-6-16(15(7-11)18(2,3)4)26-17(21)12-8-13(19(22)23)10-14(9-12)20(24)25/h5-10H,1-4H3. The van der Waals surface area contributed by atoms with Crippen molar-refractivity contribution in [3.8, 4) is 5.75 Å². The summed E-state index contributed by atoms with van der Waals surface area (Å²) in [6, 6.07) is 8.01. The molecule has 0 atom stereocenters. The van der Waals surface area contributed by atoms with Gasteiger partial charge in [-0.2, -0.15) is 0 Å². The molecule has 2 aromatic carbocycles. The smallest absolute Gasteiger partial charge is 0.344 e. The summed E-state index contributed by atoms with van der Waals surface area (Å²) in [7, 11) is 0. The average molecular weight is 358 g/mol. The number of carbonyl (C=O) groups excluding carboxylic acids is 1. The molecule has 2 aromatic rings. The molecule has 0 heterocycles. The molecule has 0 saturated heterocycles. The Balaban J connectivity index is 2.46. The van der Waals surface area contributed by atoms with Gasteiger partial charge in [-0.3, -0.25) is 20.2 Å². The van der Waals surface area contributed by atoms with E-state index in [1.54, 1.807) is 12.1 Å². The van der Waals surface area contributed by atoms with Crippen LogP contribution in [0.15, 0.2) is 36.4 Å². The molecule has 26 heavy (non-hydrogen) atoms. The molecular weight excluding hydrogens is 340 g/mol. The molecule has 0 N–H and O–H groups in total. The van der Waals surface area contributed by atoms with Gasteiger partial charge in [0, 0.05) is 17.7 Å². The number of hydrogen-bond donors (Lipinski definition) is 0. The van der Waals surface area contributed by atoms with Crippen molar-refractivity contribution in [2.45, 2.75) is 33.1 Å². The van der Waals surface area contributed by atoms with Crippen LogP contribution in [0.4, 0.5) is 11.4 Å². The number of rotatable bonds is 4. The van der Waals surface area contributed by atoms with Crippen molar-refractivity contribution in [2.24, 2.45) is 0 Å². The van der Waals surface area contributed by atoms with Gasteiger partial charge >= 0.3 is 5.97 Å². The van der Waals surface area contributed by atoms with Crippen molar-refractivity contribution in [1.82, 2.24) is 0 Å². The highest BCUT2D eigenvalue weighted by Gasteiger charge is 2.24. The zero-order valence-corrected chi connectivity index (χ0v) is 14.8. The van der Waals surface area contributed by atoms with Crippen molar-refractivity contribution >= 4 is 17.3 Å². The number of benzene rings is 2. The molecule has 2 rings (SSSR count). The van der Waals surface area contributed by atoms with Gasteiger partial charge in [-0.05, 0) is 18.4 Å². The van der Waals surface area contributed by atoms with Crippen molar-refractivity contribution < 1.29 is 19.4 Å². The highest BCUT2D eigenvalue weighted by Crippen LogP contribution is 2.33. The summed E-state index contributed by atoms with van der Waals surface area (Å²) in [5.41, 5.74) is 0.103. The number of ether oxygens (including phenoxy) is 1. The molecule has 0 fully saturated rings. The molecule has 0 bridgehead atoms. The van der Waals surface area contributed by atoms with Crippen LogP contribution in [0.1, 0.15) is 42.3 Å². The summed E-state index contributed by atoms with van der Waals surface area (Å²) in [5.74, 6) is -0.589. The van der Waals surface area contributed by atoms with E-state index in [0.717, 1.165) is 29.3 Å². The third-order valence-electron chi connectivity index (χ3n) is 3.71. The summed E-state index contributed by atoms with van der Waals surface area (Å²) in [6.07, 6.45) is 0. The van der Waals surface area contributed by atoms with Crippen LogP contribution in [0.3, 0.4) is 0 Å². The zero-order valence-electron chi connectivity index (χ0n) is 14.8. The molecule has 0 radical (unpaired) electrons. The summed E-state index contributed by atoms with van der Waals surface area (Å²) >= 11 is 0. The number of esters is 1. The van der Waals surface area contributed by atoms with E-state index in [2.05, 4.69) is 0 Å². The Labute approximate surface area is 149 Å². The molecule has 0 spiro atoms. The van der Waals surface area contributed by atoms with Crippen LogP contribution in [-0.2, 0) is 5.41 Å². The van der Waals surface area contributed by atoms with Gasteiger partial charge in [-0.25, -0.2) is 4.79 Å². The lowest BCUT2D eigenvalue weighted by atomic mass is 9.85. The maximum Gasteiger partial charge on any atom is 0.344 e. The van der Waals surface area contributed by atoms with Gasteiger partial charge in [0.2, 0.25) is 0 Å². The summed E-state index contributed by atoms with van der Waals surface area (Å²) in [6.45, 7) is 7.77. The first kappa shape index (κ1) is 19.0. The van der Waals surface area contributed by atoms with E-state index >= 15 is 0 Å². The third kappa shape index (κ3) is 4.21. The third-order valence-corrected chi connectivity index (χ3v) is 3.71. The molecule has 0 saturated carbocycles. The van der Waals surface area contributed by atoms with Crippen molar-refractivity contribution in [3.63, 3.8) is 0 Å². The number of aryl methyl sites for hydroxylation is 1. The number of nitrogens with zero attached hydrogens (tertiary/aromatic N) is 2. The van der Waals surface area contributed by atoms with Crippen molar-refractivity contribution in [2.75, 3.05) is 0 Å². The molecule has 8 heteroatoms. The van der Waals surface area contributed by atoms with E-state index in [1.807, 2.05) is 33.8 Å². The highest BCUT2D eigenvalue weighted by atomic mass is 16.6. The first-order valence-electron chi connectivity index (χ1n) is 7.76. The Hall–Kier alpha value is -3.29. The monoisotopic (exact) mass is 358 g/mol. The Bertz CT molecular complexity index is 867. The summed E-state index contributed by atoms with van der Waals surface area (Å²) < 4.78 is 5.40. The van der Waals surface area contributed by atoms with Crippen LogP contribution in [0, 0.1) is 27.2 Å². The minimum Gasteiger partial charge on any atom is -0.423 e. The van der Waals surface area contributed by atoms with Gasteiger partial charge in [-0.15, -0.1) is 0 Å². The van der Waals surface area contributed by atoms with Crippen LogP contribution in [0.5, 0.6) is 5.75 Å². The number of nitro groups is 2. The SMILES string of the molecule is Cc1ccc(OC(=O)c2cc([N+](=O)[O-])cc([N+](=O)[O-])c2)c(C(C)(C)C)c1. The highest BCUT2D eigenvalue weighted by molar-refractivity contribution is 5.92. The Morgan fingerprint density at radius 1 is 0.962 bits per heavy atom. The lowest BCUT2D eigenvalue weighted by Gasteiger charge is -2.22. The number of hydrogen-bond acceptors (Lipinski definition) is 6. The molecule has 0 unspecified atom stereocenters. The predicted molar refractivity (Wildman–Crippen MR) is 94.6 cm³/mol. The second kappa shape index (κ2) is 6.91. The summed E-state index contributed by atoms with van der Waals surface area (Å²) in [5, 5.41) is 21.9. The van der Waals surface area contributed by atoms with Crippen molar-refractivity contribution in [1.29, 1.82) is 0 Å². The largest absolute Gasteiger partial charge is 0.423 e. The maximum absolute atomic E-state index is 12.5. The number of nitro benzene ring substituents is 2. The minimum absolute atomic E-state index is 0.258. The average Bonchev–Trinajstić information content (AvgIpc) is 2.54. The summed E-state index contributed by atoms with van der Waals surface area (Å²) in [4.78, 5) is 32.8.